The van der Waals surface area contributed by atoms with Gasteiger partial charge in [-0.3, -0.25) is 0 Å². The first kappa shape index (κ1) is 11.6. The van der Waals surface area contributed by atoms with Crippen LogP contribution in [0.25, 0.3) is 5.65 Å². The monoisotopic (exact) mass is 229 g/mol. The van der Waals surface area contributed by atoms with Crippen LogP contribution in [0.4, 0.5) is 0 Å². The van der Waals surface area contributed by atoms with Gasteiger partial charge < -0.3 is 4.90 Å². The molecule has 0 aliphatic rings. The lowest BCUT2D eigenvalue weighted by Gasteiger charge is -2.05. The molecule has 0 saturated heterocycles. The molecule has 2 rings (SSSR count). The number of nitrogens with zero attached hydrogens (tertiary/aromatic N) is 5. The fourth-order valence-corrected chi connectivity index (χ4v) is 1.64. The smallest absolute Gasteiger partial charge is 0.173 e. The van der Waals surface area contributed by atoms with Crippen molar-refractivity contribution in [3.8, 4) is 6.07 Å². The molecule has 0 bridgehead atoms. The van der Waals surface area contributed by atoms with E-state index in [2.05, 4.69) is 21.1 Å². The summed E-state index contributed by atoms with van der Waals surface area (Å²) in [4.78, 5) is 6.51. The minimum atomic E-state index is 0.569. The second kappa shape index (κ2) is 4.52. The summed E-state index contributed by atoms with van der Waals surface area (Å²) in [5, 5.41) is 13.4. The number of rotatable bonds is 3. The van der Waals surface area contributed by atoms with Crippen molar-refractivity contribution in [1.82, 2.24) is 19.5 Å². The fourth-order valence-electron chi connectivity index (χ4n) is 1.64. The normalized spacial score (nSPS) is 11.0. The number of aryl methyl sites for hydroxylation is 1. The van der Waals surface area contributed by atoms with Crippen molar-refractivity contribution in [3.63, 3.8) is 0 Å². The summed E-state index contributed by atoms with van der Waals surface area (Å²) in [6, 6.07) is 5.81. The molecule has 0 fully saturated rings. The highest BCUT2D eigenvalue weighted by atomic mass is 15.3. The van der Waals surface area contributed by atoms with Gasteiger partial charge in [0.05, 0.1) is 5.56 Å². The predicted molar refractivity (Wildman–Crippen MR) is 64.7 cm³/mol. The summed E-state index contributed by atoms with van der Waals surface area (Å²) in [5.41, 5.74) is 2.21. The summed E-state index contributed by atoms with van der Waals surface area (Å²) < 4.78 is 1.74. The van der Waals surface area contributed by atoms with E-state index in [0.717, 1.165) is 24.5 Å². The van der Waals surface area contributed by atoms with E-state index in [1.54, 1.807) is 10.6 Å². The first-order valence-corrected chi connectivity index (χ1v) is 5.52. The van der Waals surface area contributed by atoms with Crippen molar-refractivity contribution in [2.75, 3.05) is 20.6 Å². The van der Waals surface area contributed by atoms with Gasteiger partial charge in [0.1, 0.15) is 6.07 Å². The Hall–Kier alpha value is -1.93. The van der Waals surface area contributed by atoms with E-state index in [0.29, 0.717) is 11.2 Å². The lowest BCUT2D eigenvalue weighted by Crippen LogP contribution is -2.15. The lowest BCUT2D eigenvalue weighted by molar-refractivity contribution is 0.409. The average molecular weight is 229 g/mol. The number of pyridine rings is 1. The van der Waals surface area contributed by atoms with Gasteiger partial charge in [-0.25, -0.2) is 9.50 Å². The third-order valence-electron chi connectivity index (χ3n) is 2.62. The highest BCUT2D eigenvalue weighted by molar-refractivity contribution is 5.55. The van der Waals surface area contributed by atoms with Crippen LogP contribution in [0.5, 0.6) is 0 Å². The van der Waals surface area contributed by atoms with Crippen LogP contribution in [0, 0.1) is 18.3 Å². The average Bonchev–Trinajstić information content (AvgIpc) is 2.72. The number of aromatic nitrogens is 3. The lowest BCUT2D eigenvalue weighted by atomic mass is 10.2. The molecule has 0 radical (unpaired) electrons. The van der Waals surface area contributed by atoms with E-state index < -0.39 is 0 Å². The third-order valence-corrected chi connectivity index (χ3v) is 2.62. The van der Waals surface area contributed by atoms with E-state index >= 15 is 0 Å². The third kappa shape index (κ3) is 2.27. The molecule has 88 valence electrons. The van der Waals surface area contributed by atoms with Crippen LogP contribution in [0.3, 0.4) is 0 Å². The molecule has 17 heavy (non-hydrogen) atoms. The summed E-state index contributed by atoms with van der Waals surface area (Å²) >= 11 is 0. The van der Waals surface area contributed by atoms with Crippen LogP contribution in [0.1, 0.15) is 17.1 Å². The molecule has 0 spiro atoms. The van der Waals surface area contributed by atoms with Crippen molar-refractivity contribution in [3.05, 3.63) is 29.2 Å². The zero-order chi connectivity index (χ0) is 12.4. The van der Waals surface area contributed by atoms with Crippen LogP contribution in [0.15, 0.2) is 12.1 Å². The summed E-state index contributed by atoms with van der Waals surface area (Å²) in [5.74, 6) is 0.782. The maximum Gasteiger partial charge on any atom is 0.173 e. The molecule has 2 heterocycles. The van der Waals surface area contributed by atoms with E-state index in [9.17, 15) is 0 Å². The van der Waals surface area contributed by atoms with Crippen molar-refractivity contribution in [2.24, 2.45) is 0 Å². The minimum Gasteiger partial charge on any atom is -0.309 e. The molecule has 0 aliphatic heterocycles. The Morgan fingerprint density at radius 3 is 2.82 bits per heavy atom. The van der Waals surface area contributed by atoms with Crippen molar-refractivity contribution in [2.45, 2.75) is 13.3 Å². The molecule has 0 aliphatic carbocycles. The van der Waals surface area contributed by atoms with Crippen LogP contribution < -0.4 is 0 Å². The van der Waals surface area contributed by atoms with E-state index in [4.69, 9.17) is 5.26 Å². The second-order valence-corrected chi connectivity index (χ2v) is 4.32. The van der Waals surface area contributed by atoms with E-state index in [1.807, 2.05) is 27.1 Å². The Morgan fingerprint density at radius 2 is 2.18 bits per heavy atom. The summed E-state index contributed by atoms with van der Waals surface area (Å²) in [7, 11) is 4.03. The molecule has 0 aromatic carbocycles. The minimum absolute atomic E-state index is 0.569. The van der Waals surface area contributed by atoms with E-state index in [-0.39, 0.29) is 0 Å². The molecule has 5 nitrogen and oxygen atoms in total. The van der Waals surface area contributed by atoms with Gasteiger partial charge in [-0.2, -0.15) is 10.4 Å². The molecule has 2 aromatic heterocycles. The van der Waals surface area contributed by atoms with E-state index in [1.165, 1.54) is 0 Å². The number of fused-ring (bicyclic) bond motifs is 1. The fraction of sp³-hybridized carbons (Fsp3) is 0.417. The molecule has 2 aromatic rings. The number of likely N-dealkylation sites (N-methyl/N-ethyl adjacent to an activating group) is 1. The Kier molecular flexibility index (Phi) is 3.07. The highest BCUT2D eigenvalue weighted by Gasteiger charge is 2.09. The van der Waals surface area contributed by atoms with Gasteiger partial charge in [-0.1, -0.05) is 0 Å². The maximum absolute atomic E-state index is 9.01. The van der Waals surface area contributed by atoms with Gasteiger partial charge in [-0.05, 0) is 33.2 Å². The van der Waals surface area contributed by atoms with Crippen LogP contribution in [-0.2, 0) is 6.42 Å². The summed E-state index contributed by atoms with van der Waals surface area (Å²) in [6.45, 7) is 2.86. The van der Waals surface area contributed by atoms with Gasteiger partial charge >= 0.3 is 0 Å². The van der Waals surface area contributed by atoms with Crippen molar-refractivity contribution < 1.29 is 0 Å². The Morgan fingerprint density at radius 1 is 1.41 bits per heavy atom. The molecule has 0 saturated carbocycles. The van der Waals surface area contributed by atoms with Gasteiger partial charge in [0.25, 0.3) is 0 Å². The second-order valence-electron chi connectivity index (χ2n) is 4.32. The SMILES string of the molecule is Cc1ccc(C#N)c2nc(CCN(C)C)nn12. The van der Waals surface area contributed by atoms with Crippen molar-refractivity contribution >= 4 is 5.65 Å². The van der Waals surface area contributed by atoms with Gasteiger partial charge in [0, 0.05) is 18.7 Å². The van der Waals surface area contributed by atoms with Gasteiger partial charge in [0.15, 0.2) is 11.5 Å². The molecule has 5 heteroatoms. The van der Waals surface area contributed by atoms with Crippen LogP contribution in [-0.4, -0.2) is 40.1 Å². The first-order chi connectivity index (χ1) is 8.11. The zero-order valence-corrected chi connectivity index (χ0v) is 10.3. The maximum atomic E-state index is 9.01. The molecule has 0 amide bonds. The van der Waals surface area contributed by atoms with Gasteiger partial charge in [-0.15, -0.1) is 0 Å². The topological polar surface area (TPSA) is 57.2 Å². The molecular weight excluding hydrogens is 214 g/mol. The molecule has 0 atom stereocenters. The quantitative estimate of drug-likeness (QED) is 0.788. The summed E-state index contributed by atoms with van der Waals surface area (Å²) in [6.07, 6.45) is 0.791. The molecule has 0 N–H and O–H groups in total. The van der Waals surface area contributed by atoms with Crippen molar-refractivity contribution in [1.29, 1.82) is 5.26 Å². The predicted octanol–water partition coefficient (Wildman–Crippen LogP) is 1.01. The highest BCUT2D eigenvalue weighted by Crippen LogP contribution is 2.11. The Bertz CT molecular complexity index is 576. The molecular formula is C12H15N5. The number of hydrogen-bond donors (Lipinski definition) is 0. The van der Waals surface area contributed by atoms with Gasteiger partial charge in [0.2, 0.25) is 0 Å². The largest absolute Gasteiger partial charge is 0.309 e. The molecule has 0 unspecified atom stereocenters. The Labute approximate surface area is 100 Å². The first-order valence-electron chi connectivity index (χ1n) is 5.52. The Balaban J connectivity index is 2.42. The van der Waals surface area contributed by atoms with Crippen LogP contribution >= 0.6 is 0 Å². The standard InChI is InChI=1S/C12H15N5/c1-9-4-5-10(8-13)12-14-11(15-17(9)12)6-7-16(2)3/h4-5H,6-7H2,1-3H3. The number of nitriles is 1. The zero-order valence-electron chi connectivity index (χ0n) is 10.3. The number of hydrogen-bond acceptors (Lipinski definition) is 4. The van der Waals surface area contributed by atoms with Crippen LogP contribution in [0.2, 0.25) is 0 Å².